The van der Waals surface area contributed by atoms with E-state index in [1.807, 2.05) is 6.92 Å². The van der Waals surface area contributed by atoms with Gasteiger partial charge in [0.05, 0.1) is 7.11 Å². The largest absolute Gasteiger partial charge is 0.466 e. The Kier molecular flexibility index (Phi) is 3.23. The molecule has 0 saturated heterocycles. The fourth-order valence-corrected chi connectivity index (χ4v) is 1.56. The summed E-state index contributed by atoms with van der Waals surface area (Å²) < 4.78 is 4.46. The molecule has 0 aromatic carbocycles. The lowest BCUT2D eigenvalue weighted by molar-refractivity contribution is -0.134. The molecule has 0 heterocycles. The topological polar surface area (TPSA) is 43.4 Å². The van der Waals surface area contributed by atoms with E-state index in [9.17, 15) is 9.59 Å². The number of methoxy groups -OCH3 is 1. The molecule has 1 saturated carbocycles. The normalized spacial score (nSPS) is 28.3. The van der Waals surface area contributed by atoms with Gasteiger partial charge in [-0.05, 0) is 12.3 Å². The summed E-state index contributed by atoms with van der Waals surface area (Å²) in [6.45, 7) is 1.90. The van der Waals surface area contributed by atoms with Gasteiger partial charge in [0.2, 0.25) is 0 Å². The molecule has 0 N–H and O–H groups in total. The van der Waals surface area contributed by atoms with Crippen LogP contribution in [-0.4, -0.2) is 18.9 Å². The molecule has 3 heteroatoms. The lowest BCUT2D eigenvalue weighted by Gasteiger charge is -2.07. The summed E-state index contributed by atoms with van der Waals surface area (Å²) in [5.41, 5.74) is 0. The molecule has 0 aromatic heterocycles. The van der Waals surface area contributed by atoms with Crippen molar-refractivity contribution in [3.63, 3.8) is 0 Å². The first-order chi connectivity index (χ1) is 6.15. The summed E-state index contributed by atoms with van der Waals surface area (Å²) in [7, 11) is 1.34. The Balaban J connectivity index is 2.50. The zero-order chi connectivity index (χ0) is 9.84. The Hall–Kier alpha value is -1.12. The molecular weight excluding hydrogens is 168 g/mol. The van der Waals surface area contributed by atoms with Crippen molar-refractivity contribution in [1.82, 2.24) is 0 Å². The molecule has 2 atom stereocenters. The number of ether oxygens (including phenoxy) is 1. The zero-order valence-corrected chi connectivity index (χ0v) is 7.95. The average Bonchev–Trinajstić information content (AvgIpc) is 2.44. The second-order valence-electron chi connectivity index (χ2n) is 3.34. The highest BCUT2D eigenvalue weighted by Crippen LogP contribution is 2.29. The van der Waals surface area contributed by atoms with E-state index < -0.39 is 0 Å². The summed E-state index contributed by atoms with van der Waals surface area (Å²) in [5.74, 6) is 0.207. The van der Waals surface area contributed by atoms with Crippen molar-refractivity contribution in [2.24, 2.45) is 11.8 Å². The average molecular weight is 182 g/mol. The van der Waals surface area contributed by atoms with Gasteiger partial charge in [0.25, 0.3) is 0 Å². The van der Waals surface area contributed by atoms with Crippen LogP contribution in [0.2, 0.25) is 0 Å². The predicted octanol–water partition coefficient (Wildman–Crippen LogP) is 1.33. The molecule has 72 valence electrons. The van der Waals surface area contributed by atoms with Crippen LogP contribution in [0, 0.1) is 11.8 Å². The number of Topliss-reactive ketones (excluding diaryl/α,β-unsaturated/α-hetero) is 1. The van der Waals surface area contributed by atoms with Gasteiger partial charge in [-0.25, -0.2) is 4.79 Å². The van der Waals surface area contributed by atoms with Gasteiger partial charge >= 0.3 is 5.97 Å². The Morgan fingerprint density at radius 3 is 2.77 bits per heavy atom. The SMILES string of the molecule is COC(=O)/C=C/[C@H]1CCC(=O)[C@@H]1C. The molecule has 0 aliphatic heterocycles. The van der Waals surface area contributed by atoms with E-state index in [0.29, 0.717) is 12.2 Å². The number of ketones is 1. The van der Waals surface area contributed by atoms with Crippen molar-refractivity contribution < 1.29 is 14.3 Å². The first kappa shape index (κ1) is 9.96. The minimum Gasteiger partial charge on any atom is -0.466 e. The van der Waals surface area contributed by atoms with E-state index in [0.717, 1.165) is 6.42 Å². The van der Waals surface area contributed by atoms with E-state index in [1.165, 1.54) is 13.2 Å². The van der Waals surface area contributed by atoms with Crippen LogP contribution in [0.3, 0.4) is 0 Å². The number of hydrogen-bond donors (Lipinski definition) is 0. The van der Waals surface area contributed by atoms with E-state index >= 15 is 0 Å². The maximum absolute atomic E-state index is 11.1. The lowest BCUT2D eigenvalue weighted by atomic mass is 9.97. The van der Waals surface area contributed by atoms with E-state index in [-0.39, 0.29) is 17.8 Å². The van der Waals surface area contributed by atoms with Crippen molar-refractivity contribution in [1.29, 1.82) is 0 Å². The Labute approximate surface area is 77.8 Å². The van der Waals surface area contributed by atoms with Crippen molar-refractivity contribution in [2.75, 3.05) is 7.11 Å². The predicted molar refractivity (Wildman–Crippen MR) is 48.1 cm³/mol. The fraction of sp³-hybridized carbons (Fsp3) is 0.600. The smallest absolute Gasteiger partial charge is 0.330 e. The van der Waals surface area contributed by atoms with Crippen LogP contribution < -0.4 is 0 Å². The molecule has 0 aromatic rings. The highest BCUT2D eigenvalue weighted by molar-refractivity contribution is 5.84. The first-order valence-corrected chi connectivity index (χ1v) is 4.44. The number of allylic oxidation sites excluding steroid dienone is 1. The monoisotopic (exact) mass is 182 g/mol. The molecule has 1 aliphatic carbocycles. The highest BCUT2D eigenvalue weighted by Gasteiger charge is 2.28. The van der Waals surface area contributed by atoms with Crippen molar-refractivity contribution >= 4 is 11.8 Å². The summed E-state index contributed by atoms with van der Waals surface area (Å²) in [6.07, 6.45) is 4.67. The van der Waals surface area contributed by atoms with Crippen LogP contribution in [0.1, 0.15) is 19.8 Å². The van der Waals surface area contributed by atoms with Gasteiger partial charge in [-0.3, -0.25) is 4.79 Å². The van der Waals surface area contributed by atoms with Crippen LogP contribution in [0.5, 0.6) is 0 Å². The molecule has 0 spiro atoms. The third-order valence-electron chi connectivity index (χ3n) is 2.55. The molecule has 1 aliphatic rings. The number of hydrogen-bond acceptors (Lipinski definition) is 3. The number of carbonyl (C=O) groups excluding carboxylic acids is 2. The zero-order valence-electron chi connectivity index (χ0n) is 7.95. The van der Waals surface area contributed by atoms with Gasteiger partial charge in [-0.15, -0.1) is 0 Å². The van der Waals surface area contributed by atoms with Gasteiger partial charge in [-0.1, -0.05) is 13.0 Å². The Bertz CT molecular complexity index is 243. The molecule has 1 fully saturated rings. The van der Waals surface area contributed by atoms with Crippen LogP contribution in [0.15, 0.2) is 12.2 Å². The summed E-state index contributed by atoms with van der Waals surface area (Å²) in [6, 6.07) is 0. The molecule has 1 rings (SSSR count). The molecule has 0 radical (unpaired) electrons. The molecule has 3 nitrogen and oxygen atoms in total. The standard InChI is InChI=1S/C10H14O3/c1-7-8(3-5-9(7)11)4-6-10(12)13-2/h4,6-8H,3,5H2,1-2H3/b6-4+/t7-,8-/m1/s1. The minimum absolute atomic E-state index is 0.0564. The first-order valence-electron chi connectivity index (χ1n) is 4.44. The maximum atomic E-state index is 11.1. The summed E-state index contributed by atoms with van der Waals surface area (Å²) in [4.78, 5) is 21.9. The van der Waals surface area contributed by atoms with Gasteiger partial charge < -0.3 is 4.74 Å². The van der Waals surface area contributed by atoms with Gasteiger partial charge in [0.1, 0.15) is 5.78 Å². The van der Waals surface area contributed by atoms with E-state index in [1.54, 1.807) is 6.08 Å². The second-order valence-corrected chi connectivity index (χ2v) is 3.34. The van der Waals surface area contributed by atoms with Crippen LogP contribution in [-0.2, 0) is 14.3 Å². The molecule has 13 heavy (non-hydrogen) atoms. The number of rotatable bonds is 2. The van der Waals surface area contributed by atoms with Crippen molar-refractivity contribution in [2.45, 2.75) is 19.8 Å². The van der Waals surface area contributed by atoms with Gasteiger partial charge in [0.15, 0.2) is 0 Å². The number of carbonyl (C=O) groups is 2. The maximum Gasteiger partial charge on any atom is 0.330 e. The van der Waals surface area contributed by atoms with Crippen LogP contribution in [0.4, 0.5) is 0 Å². The quantitative estimate of drug-likeness (QED) is 0.478. The van der Waals surface area contributed by atoms with Gasteiger partial charge in [0, 0.05) is 18.4 Å². The number of esters is 1. The summed E-state index contributed by atoms with van der Waals surface area (Å²) >= 11 is 0. The van der Waals surface area contributed by atoms with E-state index in [2.05, 4.69) is 4.74 Å². The van der Waals surface area contributed by atoms with Crippen molar-refractivity contribution in [3.05, 3.63) is 12.2 Å². The Morgan fingerprint density at radius 1 is 1.62 bits per heavy atom. The summed E-state index contributed by atoms with van der Waals surface area (Å²) in [5, 5.41) is 0. The van der Waals surface area contributed by atoms with Gasteiger partial charge in [-0.2, -0.15) is 0 Å². The highest BCUT2D eigenvalue weighted by atomic mass is 16.5. The molecular formula is C10H14O3. The van der Waals surface area contributed by atoms with E-state index in [4.69, 9.17) is 0 Å². The third-order valence-corrected chi connectivity index (χ3v) is 2.55. The third kappa shape index (κ3) is 2.41. The minimum atomic E-state index is -0.355. The second kappa shape index (κ2) is 4.21. The van der Waals surface area contributed by atoms with Crippen LogP contribution in [0.25, 0.3) is 0 Å². The fourth-order valence-electron chi connectivity index (χ4n) is 1.56. The molecule has 0 bridgehead atoms. The molecule has 0 unspecified atom stereocenters. The van der Waals surface area contributed by atoms with Crippen molar-refractivity contribution in [3.8, 4) is 0 Å². The molecule has 0 amide bonds. The Morgan fingerprint density at radius 2 is 2.31 bits per heavy atom. The lowest BCUT2D eigenvalue weighted by Crippen LogP contribution is -2.08. The van der Waals surface area contributed by atoms with Crippen LogP contribution >= 0.6 is 0 Å².